The van der Waals surface area contributed by atoms with Gasteiger partial charge >= 0.3 is 0 Å². The minimum atomic E-state index is 0.211. The van der Waals surface area contributed by atoms with Gasteiger partial charge in [-0.15, -0.1) is 10.2 Å². The van der Waals surface area contributed by atoms with E-state index in [0.717, 1.165) is 23.0 Å². The highest BCUT2D eigenvalue weighted by atomic mass is 32.1. The Morgan fingerprint density at radius 1 is 1.12 bits per heavy atom. The minimum absolute atomic E-state index is 0.211. The maximum Gasteiger partial charge on any atom is 0.193 e. The number of benzene rings is 2. The maximum atomic E-state index is 10.2. The van der Waals surface area contributed by atoms with Gasteiger partial charge in [0.25, 0.3) is 0 Å². The van der Waals surface area contributed by atoms with Gasteiger partial charge < -0.3 is 10.4 Å². The molecular formula is C17H14N6OS. The van der Waals surface area contributed by atoms with Crippen molar-refractivity contribution in [2.24, 2.45) is 10.2 Å². The van der Waals surface area contributed by atoms with E-state index in [1.807, 2.05) is 25.1 Å². The van der Waals surface area contributed by atoms with Crippen LogP contribution in [-0.2, 0) is 0 Å². The van der Waals surface area contributed by atoms with Crippen molar-refractivity contribution in [3.63, 3.8) is 0 Å². The Labute approximate surface area is 147 Å². The number of phenolic OH excluding ortho intramolecular Hbond substituents is 1. The predicted molar refractivity (Wildman–Crippen MR) is 99.2 cm³/mol. The van der Waals surface area contributed by atoms with Gasteiger partial charge in [0, 0.05) is 35.4 Å². The molecule has 0 aliphatic carbocycles. The number of hydrogen-bond donors (Lipinski definition) is 2. The summed E-state index contributed by atoms with van der Waals surface area (Å²) in [5.41, 5.74) is 2.75. The van der Waals surface area contributed by atoms with Crippen LogP contribution in [0.15, 0.2) is 53.0 Å². The van der Waals surface area contributed by atoms with Crippen LogP contribution >= 0.6 is 11.5 Å². The molecule has 7 nitrogen and oxygen atoms in total. The maximum absolute atomic E-state index is 10.2. The van der Waals surface area contributed by atoms with Crippen LogP contribution in [-0.4, -0.2) is 26.0 Å². The number of azo groups is 1. The van der Waals surface area contributed by atoms with Gasteiger partial charge in [-0.2, -0.15) is 4.37 Å². The van der Waals surface area contributed by atoms with E-state index in [9.17, 15) is 5.11 Å². The van der Waals surface area contributed by atoms with Crippen molar-refractivity contribution in [2.75, 3.05) is 11.9 Å². The first-order chi connectivity index (χ1) is 12.3. The Bertz CT molecular complexity index is 1090. The molecule has 4 aromatic rings. The third kappa shape index (κ3) is 2.76. The van der Waals surface area contributed by atoms with Crippen LogP contribution in [0, 0.1) is 0 Å². The van der Waals surface area contributed by atoms with E-state index in [1.165, 1.54) is 11.5 Å². The lowest BCUT2D eigenvalue weighted by Crippen LogP contribution is -1.97. The summed E-state index contributed by atoms with van der Waals surface area (Å²) in [4.78, 5) is 8.41. The zero-order chi connectivity index (χ0) is 17.2. The molecule has 2 N–H and O–H groups in total. The van der Waals surface area contributed by atoms with Crippen LogP contribution in [0.5, 0.6) is 5.75 Å². The van der Waals surface area contributed by atoms with Crippen molar-refractivity contribution in [2.45, 2.75) is 6.92 Å². The molecule has 2 heterocycles. The molecular weight excluding hydrogens is 336 g/mol. The molecule has 0 fully saturated rings. The van der Waals surface area contributed by atoms with Crippen molar-refractivity contribution in [3.8, 4) is 5.75 Å². The topological polar surface area (TPSA) is 95.7 Å². The van der Waals surface area contributed by atoms with Crippen molar-refractivity contribution in [1.82, 2.24) is 14.3 Å². The summed E-state index contributed by atoms with van der Waals surface area (Å²) in [6.45, 7) is 2.78. The first-order valence-corrected chi connectivity index (χ1v) is 8.52. The highest BCUT2D eigenvalue weighted by Gasteiger charge is 2.11. The van der Waals surface area contributed by atoms with Gasteiger partial charge in [0.1, 0.15) is 11.3 Å². The average Bonchev–Trinajstić information content (AvgIpc) is 3.05. The molecule has 0 radical (unpaired) electrons. The summed E-state index contributed by atoms with van der Waals surface area (Å²) in [5, 5.41) is 24.3. The van der Waals surface area contributed by atoms with Crippen molar-refractivity contribution < 1.29 is 5.11 Å². The lowest BCUT2D eigenvalue weighted by molar-refractivity contribution is 0.481. The largest absolute Gasteiger partial charge is 0.507 e. The van der Waals surface area contributed by atoms with Crippen molar-refractivity contribution in [1.29, 1.82) is 0 Å². The van der Waals surface area contributed by atoms with E-state index >= 15 is 0 Å². The van der Waals surface area contributed by atoms with Crippen LogP contribution in [0.1, 0.15) is 6.92 Å². The zero-order valence-corrected chi connectivity index (χ0v) is 14.2. The third-order valence-electron chi connectivity index (χ3n) is 3.71. The summed E-state index contributed by atoms with van der Waals surface area (Å²) < 4.78 is 4.22. The Kier molecular flexibility index (Phi) is 3.95. The molecule has 2 aromatic heterocycles. The number of aromatic nitrogens is 3. The summed E-state index contributed by atoms with van der Waals surface area (Å²) >= 11 is 1.20. The second kappa shape index (κ2) is 6.40. The Balaban J connectivity index is 1.85. The highest BCUT2D eigenvalue weighted by Crippen LogP contribution is 2.39. The molecule has 0 aliphatic heterocycles. The molecule has 2 aromatic carbocycles. The van der Waals surface area contributed by atoms with Gasteiger partial charge in [-0.05, 0) is 36.7 Å². The van der Waals surface area contributed by atoms with Gasteiger partial charge in [-0.1, -0.05) is 12.1 Å². The number of hydrogen-bond acceptors (Lipinski definition) is 8. The predicted octanol–water partition coefficient (Wildman–Crippen LogP) is 4.79. The normalized spacial score (nSPS) is 11.6. The average molecular weight is 350 g/mol. The van der Waals surface area contributed by atoms with Gasteiger partial charge in [0.05, 0.1) is 5.69 Å². The highest BCUT2D eigenvalue weighted by molar-refractivity contribution is 7.11. The first-order valence-electron chi connectivity index (χ1n) is 7.74. The molecule has 124 valence electrons. The lowest BCUT2D eigenvalue weighted by atomic mass is 10.1. The second-order valence-corrected chi connectivity index (χ2v) is 6.03. The molecule has 8 heteroatoms. The van der Waals surface area contributed by atoms with Crippen molar-refractivity contribution in [3.05, 3.63) is 42.7 Å². The second-order valence-electron chi connectivity index (χ2n) is 5.28. The number of nitrogens with zero attached hydrogens (tertiary/aromatic N) is 5. The quantitative estimate of drug-likeness (QED) is 0.516. The fourth-order valence-corrected chi connectivity index (χ4v) is 3.25. The minimum Gasteiger partial charge on any atom is -0.507 e. The molecule has 0 amide bonds. The molecule has 0 saturated carbocycles. The fourth-order valence-electron chi connectivity index (χ4n) is 2.64. The van der Waals surface area contributed by atoms with Crippen LogP contribution in [0.25, 0.3) is 21.9 Å². The third-order valence-corrected chi connectivity index (χ3v) is 4.42. The monoisotopic (exact) mass is 350 g/mol. The number of anilines is 1. The Morgan fingerprint density at radius 2 is 2.00 bits per heavy atom. The number of nitrogens with one attached hydrogen (secondary N) is 1. The van der Waals surface area contributed by atoms with Crippen LogP contribution < -0.4 is 5.32 Å². The van der Waals surface area contributed by atoms with Gasteiger partial charge in [0.2, 0.25) is 0 Å². The van der Waals surface area contributed by atoms with Gasteiger partial charge in [-0.3, -0.25) is 0 Å². The van der Waals surface area contributed by atoms with Crippen molar-refractivity contribution >= 4 is 49.8 Å². The zero-order valence-electron chi connectivity index (χ0n) is 13.3. The molecule has 0 unspecified atom stereocenters. The summed E-state index contributed by atoms with van der Waals surface area (Å²) in [5.74, 6) is 0.211. The molecule has 25 heavy (non-hydrogen) atoms. The van der Waals surface area contributed by atoms with E-state index in [2.05, 4.69) is 29.9 Å². The van der Waals surface area contributed by atoms with E-state index < -0.39 is 0 Å². The Morgan fingerprint density at radius 3 is 2.88 bits per heavy atom. The SMILES string of the molecule is CCNc1cccc2c(O)ccc(N=Nc3snc4nccnc34)c12. The standard InChI is InChI=1S/C17H14N6OS/c1-2-18-11-5-3-4-10-13(24)7-6-12(14(10)11)21-22-17-15-16(23-25-17)20-9-8-19-15/h3-9,18,24H,2H2,1H3. The number of aromatic hydroxyl groups is 1. The number of rotatable bonds is 4. The van der Waals surface area contributed by atoms with Gasteiger partial charge in [0.15, 0.2) is 10.6 Å². The van der Waals surface area contributed by atoms with Crippen LogP contribution in [0.3, 0.4) is 0 Å². The van der Waals surface area contributed by atoms with E-state index in [4.69, 9.17) is 0 Å². The summed E-state index contributed by atoms with van der Waals surface area (Å²) in [7, 11) is 0. The smallest absolute Gasteiger partial charge is 0.193 e. The molecule has 0 bridgehead atoms. The summed E-state index contributed by atoms with van der Waals surface area (Å²) in [6.07, 6.45) is 3.20. The first kappa shape index (κ1) is 15.4. The van der Waals surface area contributed by atoms with Crippen LogP contribution in [0.4, 0.5) is 16.4 Å². The summed E-state index contributed by atoms with van der Waals surface area (Å²) in [6, 6.07) is 9.08. The molecule has 0 aliphatic rings. The van der Waals surface area contributed by atoms with E-state index in [1.54, 1.807) is 24.5 Å². The molecule has 0 spiro atoms. The van der Waals surface area contributed by atoms with Gasteiger partial charge in [-0.25, -0.2) is 9.97 Å². The number of phenols is 1. The van der Waals surface area contributed by atoms with E-state index in [-0.39, 0.29) is 5.75 Å². The van der Waals surface area contributed by atoms with Crippen LogP contribution in [0.2, 0.25) is 0 Å². The molecule has 0 saturated heterocycles. The number of fused-ring (bicyclic) bond motifs is 2. The van der Waals surface area contributed by atoms with E-state index in [0.29, 0.717) is 21.9 Å². The molecule has 0 atom stereocenters. The fraction of sp³-hybridized carbons (Fsp3) is 0.118. The lowest BCUT2D eigenvalue weighted by Gasteiger charge is -2.10. The Hall–Kier alpha value is -3.13. The molecule has 4 rings (SSSR count).